The van der Waals surface area contributed by atoms with Gasteiger partial charge in [-0.15, -0.1) is 0 Å². The summed E-state index contributed by atoms with van der Waals surface area (Å²) >= 11 is 0. The smallest absolute Gasteiger partial charge is 0.333 e. The zero-order chi connectivity index (χ0) is 14.4. The van der Waals surface area contributed by atoms with Crippen LogP contribution in [0.4, 0.5) is 0 Å². The van der Waals surface area contributed by atoms with E-state index in [4.69, 9.17) is 5.11 Å². The molecule has 2 N–H and O–H groups in total. The summed E-state index contributed by atoms with van der Waals surface area (Å²) in [7, 11) is 0. The number of nitrogens with zero attached hydrogens (tertiary/aromatic N) is 1. The van der Waals surface area contributed by atoms with Gasteiger partial charge in [0, 0.05) is 5.57 Å². The number of aliphatic hydroxyl groups is 1. The van der Waals surface area contributed by atoms with Crippen molar-refractivity contribution in [2.75, 3.05) is 19.9 Å². The first-order chi connectivity index (χ1) is 8.49. The number of isocyanates is 1. The second-order valence-corrected chi connectivity index (χ2v) is 2.79. The van der Waals surface area contributed by atoms with E-state index >= 15 is 0 Å². The Morgan fingerprint density at radius 3 is 2.50 bits per heavy atom. The second kappa shape index (κ2) is 12.8. The lowest BCUT2D eigenvalue weighted by Crippen LogP contribution is -2.20. The second-order valence-electron chi connectivity index (χ2n) is 2.79. The standard InChI is InChI=1S/C7H9NO3.C4H7NO2/c1-6(2)7(10)11-4-3-8-5-9;1-2-4(7)5-3-6/h1,3-4H2,2H3;2,6H,1,3H2,(H,5,7). The molecule has 7 nitrogen and oxygen atoms in total. The minimum atomic E-state index is -0.467. The molecule has 0 radical (unpaired) electrons. The summed E-state index contributed by atoms with van der Waals surface area (Å²) in [5.74, 6) is -0.825. The van der Waals surface area contributed by atoms with Crippen molar-refractivity contribution >= 4 is 18.0 Å². The van der Waals surface area contributed by atoms with Crippen LogP contribution in [0.1, 0.15) is 6.92 Å². The maximum absolute atomic E-state index is 10.6. The van der Waals surface area contributed by atoms with Crippen molar-refractivity contribution in [3.05, 3.63) is 24.8 Å². The molecule has 18 heavy (non-hydrogen) atoms. The van der Waals surface area contributed by atoms with Gasteiger partial charge in [0.2, 0.25) is 12.0 Å². The van der Waals surface area contributed by atoms with E-state index in [2.05, 4.69) is 28.2 Å². The average molecular weight is 256 g/mol. The average Bonchev–Trinajstić information content (AvgIpc) is 2.35. The summed E-state index contributed by atoms with van der Waals surface area (Å²) in [5, 5.41) is 10.1. The fraction of sp³-hybridized carbons (Fsp3) is 0.364. The zero-order valence-electron chi connectivity index (χ0n) is 10.1. The van der Waals surface area contributed by atoms with Crippen LogP contribution >= 0.6 is 0 Å². The van der Waals surface area contributed by atoms with Gasteiger partial charge in [0.25, 0.3) is 0 Å². The molecule has 0 aliphatic rings. The van der Waals surface area contributed by atoms with E-state index in [-0.39, 0.29) is 25.8 Å². The molecule has 1 amide bonds. The van der Waals surface area contributed by atoms with Gasteiger partial charge in [-0.25, -0.2) is 14.6 Å². The van der Waals surface area contributed by atoms with E-state index in [1.165, 1.54) is 6.08 Å². The molecule has 0 rings (SSSR count). The van der Waals surface area contributed by atoms with Crippen molar-refractivity contribution in [3.8, 4) is 0 Å². The van der Waals surface area contributed by atoms with E-state index < -0.39 is 5.97 Å². The Morgan fingerprint density at radius 1 is 1.56 bits per heavy atom. The van der Waals surface area contributed by atoms with Crippen molar-refractivity contribution in [2.24, 2.45) is 4.99 Å². The molecule has 0 saturated carbocycles. The summed E-state index contributed by atoms with van der Waals surface area (Å²) in [6.07, 6.45) is 2.43. The van der Waals surface area contributed by atoms with Crippen molar-refractivity contribution in [1.29, 1.82) is 0 Å². The lowest BCUT2D eigenvalue weighted by atomic mass is 10.4. The molecule has 0 aliphatic carbocycles. The van der Waals surface area contributed by atoms with Gasteiger partial charge in [-0.2, -0.15) is 0 Å². The highest BCUT2D eigenvalue weighted by Gasteiger charge is 2.00. The van der Waals surface area contributed by atoms with Gasteiger partial charge in [-0.05, 0) is 13.0 Å². The number of amides is 1. The Morgan fingerprint density at radius 2 is 2.17 bits per heavy atom. The van der Waals surface area contributed by atoms with Crippen LogP contribution in [0.25, 0.3) is 0 Å². The number of carbonyl (C=O) groups is 2. The molecular formula is C11H16N2O5. The Kier molecular flexibility index (Phi) is 12.9. The van der Waals surface area contributed by atoms with Crippen LogP contribution in [0.15, 0.2) is 29.8 Å². The Hall–Kier alpha value is -2.24. The first kappa shape index (κ1) is 18.1. The largest absolute Gasteiger partial charge is 0.460 e. The fourth-order valence-electron chi connectivity index (χ4n) is 0.503. The van der Waals surface area contributed by atoms with Gasteiger partial charge in [-0.1, -0.05) is 13.2 Å². The van der Waals surface area contributed by atoms with E-state index in [1.54, 1.807) is 6.92 Å². The minimum Gasteiger partial charge on any atom is -0.460 e. The highest BCUT2D eigenvalue weighted by Crippen LogP contribution is 1.90. The number of aliphatic hydroxyl groups excluding tert-OH is 1. The van der Waals surface area contributed by atoms with Crippen molar-refractivity contribution in [2.45, 2.75) is 6.92 Å². The van der Waals surface area contributed by atoms with Crippen molar-refractivity contribution in [1.82, 2.24) is 5.32 Å². The van der Waals surface area contributed by atoms with Crippen LogP contribution < -0.4 is 5.32 Å². The third-order valence-corrected chi connectivity index (χ3v) is 1.29. The molecule has 0 bridgehead atoms. The van der Waals surface area contributed by atoms with Crippen LogP contribution in [0.2, 0.25) is 0 Å². The summed E-state index contributed by atoms with van der Waals surface area (Å²) < 4.78 is 4.59. The van der Waals surface area contributed by atoms with Crippen LogP contribution in [0.3, 0.4) is 0 Å². The first-order valence-corrected chi connectivity index (χ1v) is 4.87. The number of esters is 1. The highest BCUT2D eigenvalue weighted by atomic mass is 16.5. The number of hydrogen-bond donors (Lipinski definition) is 2. The van der Waals surface area contributed by atoms with Gasteiger partial charge in [0.05, 0.1) is 6.54 Å². The predicted molar refractivity (Wildman–Crippen MR) is 64.2 cm³/mol. The molecule has 7 heteroatoms. The van der Waals surface area contributed by atoms with Gasteiger partial charge >= 0.3 is 5.97 Å². The van der Waals surface area contributed by atoms with E-state index in [1.807, 2.05) is 0 Å². The Balaban J connectivity index is 0. The molecular weight excluding hydrogens is 240 g/mol. The molecule has 0 unspecified atom stereocenters. The van der Waals surface area contributed by atoms with E-state index in [0.717, 1.165) is 6.08 Å². The van der Waals surface area contributed by atoms with E-state index in [0.29, 0.717) is 5.57 Å². The quantitative estimate of drug-likeness (QED) is 0.169. The Labute approximate surface area is 105 Å². The zero-order valence-corrected chi connectivity index (χ0v) is 10.1. The Bertz CT molecular complexity index is 345. The predicted octanol–water partition coefficient (Wildman–Crippen LogP) is -0.320. The van der Waals surface area contributed by atoms with Crippen LogP contribution in [-0.2, 0) is 19.1 Å². The summed E-state index contributed by atoms with van der Waals surface area (Å²) in [4.78, 5) is 33.4. The normalized spacial score (nSPS) is 7.89. The van der Waals surface area contributed by atoms with Crippen LogP contribution in [0.5, 0.6) is 0 Å². The highest BCUT2D eigenvalue weighted by molar-refractivity contribution is 5.87. The van der Waals surface area contributed by atoms with Crippen molar-refractivity contribution in [3.63, 3.8) is 0 Å². The molecule has 0 aromatic heterocycles. The molecule has 0 heterocycles. The number of nitrogens with one attached hydrogen (secondary N) is 1. The molecule has 0 aromatic carbocycles. The van der Waals surface area contributed by atoms with Gasteiger partial charge < -0.3 is 15.2 Å². The third-order valence-electron chi connectivity index (χ3n) is 1.29. The number of hydrogen-bond acceptors (Lipinski definition) is 6. The van der Waals surface area contributed by atoms with Gasteiger partial charge in [0.15, 0.2) is 0 Å². The van der Waals surface area contributed by atoms with Crippen LogP contribution in [-0.4, -0.2) is 42.9 Å². The molecule has 0 fully saturated rings. The maximum atomic E-state index is 10.6. The molecule has 0 saturated heterocycles. The molecule has 0 atom stereocenters. The lowest BCUT2D eigenvalue weighted by Gasteiger charge is -1.99. The molecule has 100 valence electrons. The third kappa shape index (κ3) is 13.8. The van der Waals surface area contributed by atoms with Crippen molar-refractivity contribution < 1.29 is 24.2 Å². The summed E-state index contributed by atoms with van der Waals surface area (Å²) in [5.41, 5.74) is 0.333. The number of aliphatic imine (C=N–C) groups is 1. The topological polar surface area (TPSA) is 105 Å². The maximum Gasteiger partial charge on any atom is 0.333 e. The van der Waals surface area contributed by atoms with Crippen LogP contribution in [0, 0.1) is 0 Å². The number of rotatable bonds is 6. The summed E-state index contributed by atoms with van der Waals surface area (Å²) in [6, 6.07) is 0. The minimum absolute atomic E-state index is 0.0981. The summed E-state index contributed by atoms with van der Waals surface area (Å²) in [6.45, 7) is 8.00. The molecule has 0 aromatic rings. The monoisotopic (exact) mass is 256 g/mol. The van der Waals surface area contributed by atoms with E-state index in [9.17, 15) is 14.4 Å². The molecule has 0 spiro atoms. The number of ether oxygens (including phenoxy) is 1. The first-order valence-electron chi connectivity index (χ1n) is 4.87. The lowest BCUT2D eigenvalue weighted by molar-refractivity contribution is -0.138. The number of carbonyl (C=O) groups excluding carboxylic acids is 3. The van der Waals surface area contributed by atoms with Gasteiger partial charge in [0.1, 0.15) is 13.3 Å². The van der Waals surface area contributed by atoms with Gasteiger partial charge in [-0.3, -0.25) is 4.79 Å². The molecule has 0 aliphatic heterocycles. The SMILES string of the molecule is C=C(C)C(=O)OCCN=C=O.C=CC(=O)NCO. The fourth-order valence-corrected chi connectivity index (χ4v) is 0.503.